The van der Waals surface area contributed by atoms with Crippen molar-refractivity contribution in [3.8, 4) is 0 Å². The zero-order chi connectivity index (χ0) is 49.4. The van der Waals surface area contributed by atoms with E-state index in [0.29, 0.717) is 51.8 Å². The second kappa shape index (κ2) is 17.1. The number of fused-ring (bicyclic) bond motifs is 6. The number of aryl methyl sites for hydroxylation is 1. The molecule has 0 atom stereocenters. The molecule has 5 N–H and O–H groups in total. The van der Waals surface area contributed by atoms with E-state index in [2.05, 4.69) is 9.56 Å². The molecule has 0 saturated heterocycles. The van der Waals surface area contributed by atoms with Crippen molar-refractivity contribution in [2.45, 2.75) is 79.9 Å². The van der Waals surface area contributed by atoms with Crippen LogP contribution in [0.2, 0.25) is 0 Å². The first-order valence-corrected chi connectivity index (χ1v) is 26.7. The number of hydrogen-bond acceptors (Lipinski definition) is 11. The molecule has 67 heavy (non-hydrogen) atoms. The van der Waals surface area contributed by atoms with E-state index in [9.17, 15) is 61.8 Å². The van der Waals surface area contributed by atoms with Crippen LogP contribution in [0.3, 0.4) is 0 Å². The summed E-state index contributed by atoms with van der Waals surface area (Å²) in [7, 11) is -19.2. The van der Waals surface area contributed by atoms with Crippen LogP contribution in [0.15, 0.2) is 112 Å². The molecule has 1 aromatic heterocycles. The van der Waals surface area contributed by atoms with Gasteiger partial charge in [-0.3, -0.25) is 23.2 Å². The topological polar surface area (TPSA) is 274 Å². The smallest absolute Gasteiger partial charge is 0.337 e. The van der Waals surface area contributed by atoms with Crippen LogP contribution >= 0.6 is 0 Å². The molecule has 2 aliphatic rings. The Hall–Kier alpha value is -5.65. The average molecular weight is 995 g/mol. The molecule has 7 rings (SSSR count). The van der Waals surface area contributed by atoms with Crippen molar-refractivity contribution in [2.24, 2.45) is 0 Å². The Labute approximate surface area is 388 Å². The van der Waals surface area contributed by atoms with Gasteiger partial charge in [-0.15, -0.1) is 0 Å². The number of rotatable bonds is 14. The van der Waals surface area contributed by atoms with Crippen LogP contribution in [0.4, 0.5) is 11.4 Å². The molecule has 0 radical (unpaired) electrons. The molecular formula is C46H48N3O14S4+. The fourth-order valence-corrected chi connectivity index (χ4v) is 11.6. The monoisotopic (exact) mass is 994 g/mol. The number of aromatic carboxylic acids is 1. The molecular weight excluding hydrogens is 947 g/mol. The molecule has 17 nitrogen and oxygen atoms in total. The van der Waals surface area contributed by atoms with E-state index in [1.165, 1.54) is 42.6 Å². The highest BCUT2D eigenvalue weighted by Gasteiger charge is 2.46. The summed E-state index contributed by atoms with van der Waals surface area (Å²) >= 11 is 0. The molecule has 2 aliphatic heterocycles. The highest BCUT2D eigenvalue weighted by molar-refractivity contribution is 7.87. The SMILES string of the molecule is CCCC[N+]1=C(/C=C/C(=C/C=C2/N(CCS(=O)(=O)O)c3ccc4c(S(=O)(=O)O)cc(S(=O)(=O)O)cc4c3C2(C)C)c2ccc(C(=O)O)cn2)C(C)(C)c2c1ccc1c(C)cc(S(=O)(=O)O)cc21. The van der Waals surface area contributed by atoms with E-state index in [1.807, 2.05) is 39.0 Å². The van der Waals surface area contributed by atoms with Crippen LogP contribution < -0.4 is 4.90 Å². The molecule has 3 heterocycles. The molecule has 5 aromatic rings. The van der Waals surface area contributed by atoms with Crippen molar-refractivity contribution in [1.82, 2.24) is 4.98 Å². The quantitative estimate of drug-likeness (QED) is 0.0409. The van der Waals surface area contributed by atoms with Gasteiger partial charge >= 0.3 is 5.97 Å². The summed E-state index contributed by atoms with van der Waals surface area (Å²) in [5.41, 5.74) is 2.70. The summed E-state index contributed by atoms with van der Waals surface area (Å²) in [4.78, 5) is 16.0. The lowest BCUT2D eigenvalue weighted by Crippen LogP contribution is -2.30. The predicted molar refractivity (Wildman–Crippen MR) is 253 cm³/mol. The molecule has 0 amide bonds. The van der Waals surface area contributed by atoms with Crippen LogP contribution in [0.5, 0.6) is 0 Å². The van der Waals surface area contributed by atoms with Crippen molar-refractivity contribution in [3.05, 3.63) is 125 Å². The van der Waals surface area contributed by atoms with Gasteiger partial charge in [-0.1, -0.05) is 39.3 Å². The van der Waals surface area contributed by atoms with Gasteiger partial charge in [-0.25, -0.2) is 4.79 Å². The maximum atomic E-state index is 12.6. The van der Waals surface area contributed by atoms with E-state index in [-0.39, 0.29) is 27.8 Å². The highest BCUT2D eigenvalue weighted by Crippen LogP contribution is 2.52. The maximum Gasteiger partial charge on any atom is 0.337 e. The average Bonchev–Trinajstić information content (AvgIpc) is 3.58. The Kier molecular flexibility index (Phi) is 12.6. The summed E-state index contributed by atoms with van der Waals surface area (Å²) in [6.45, 7) is 11.5. The number of carboxylic acids is 1. The van der Waals surface area contributed by atoms with Crippen LogP contribution in [0.1, 0.15) is 80.2 Å². The number of benzene rings is 4. The molecule has 0 saturated carbocycles. The third-order valence-electron chi connectivity index (χ3n) is 12.4. The van der Waals surface area contributed by atoms with Gasteiger partial charge in [0, 0.05) is 64.6 Å². The molecule has 4 aromatic carbocycles. The number of allylic oxidation sites excluding steroid dienone is 6. The first-order valence-electron chi connectivity index (χ1n) is 20.8. The second-order valence-electron chi connectivity index (χ2n) is 17.5. The number of carbonyl (C=O) groups is 1. The number of hydrogen-bond donors (Lipinski definition) is 5. The Bertz CT molecular complexity index is 3540. The number of aromatic nitrogens is 1. The lowest BCUT2D eigenvalue weighted by Gasteiger charge is -2.27. The molecule has 0 fully saturated rings. The fourth-order valence-electron chi connectivity index (χ4n) is 9.26. The Balaban J connectivity index is 1.47. The standard InChI is InChI=1S/C46H47N3O14S4/c1-7-8-19-48-37-15-12-32-27(2)22-30(65(55,56)57)23-34(32)42(37)45(3,4)40(48)17-10-28(36-14-9-29(26-47-36)44(50)51)11-18-41-46(5,6)43-35-24-31(66(58,59)60)25-39(67(61,62)63)33(35)13-16-38(43)49(41)20-21-64(52,53)54/h9-18,22-26H,7-8,19-21H2,1-6H3,(H4-,50,51,52,53,54,55,56,57,58,59,60,61,62,63)/p+1. The van der Waals surface area contributed by atoms with Crippen LogP contribution in [-0.4, -0.2) is 97.1 Å². The first kappa shape index (κ1) is 49.3. The van der Waals surface area contributed by atoms with E-state index >= 15 is 0 Å². The summed E-state index contributed by atoms with van der Waals surface area (Å²) in [5.74, 6) is -1.98. The third-order valence-corrected chi connectivity index (χ3v) is 15.6. The normalized spacial score (nSPS) is 17.0. The predicted octanol–water partition coefficient (Wildman–Crippen LogP) is 7.52. The second-order valence-corrected chi connectivity index (χ2v) is 23.3. The van der Waals surface area contributed by atoms with Gasteiger partial charge in [-0.2, -0.15) is 38.2 Å². The third kappa shape index (κ3) is 9.34. The van der Waals surface area contributed by atoms with Gasteiger partial charge in [-0.05, 0) is 109 Å². The zero-order valence-electron chi connectivity index (χ0n) is 37.1. The van der Waals surface area contributed by atoms with Crippen LogP contribution in [0.25, 0.3) is 27.1 Å². The lowest BCUT2D eigenvalue weighted by atomic mass is 9.78. The number of pyridine rings is 1. The molecule has 0 unspecified atom stereocenters. The van der Waals surface area contributed by atoms with Crippen LogP contribution in [0, 0.1) is 6.92 Å². The maximum absolute atomic E-state index is 12.6. The zero-order valence-corrected chi connectivity index (χ0v) is 40.3. The lowest BCUT2D eigenvalue weighted by molar-refractivity contribution is -0.438. The summed E-state index contributed by atoms with van der Waals surface area (Å²) in [6.07, 6.45) is 9.75. The Morgan fingerprint density at radius 1 is 0.761 bits per heavy atom. The largest absolute Gasteiger partial charge is 0.478 e. The van der Waals surface area contributed by atoms with E-state index in [1.54, 1.807) is 43.9 Å². The van der Waals surface area contributed by atoms with Gasteiger partial charge in [0.05, 0.1) is 32.2 Å². The summed E-state index contributed by atoms with van der Waals surface area (Å²) in [6, 6.07) is 14.1. The molecule has 0 spiro atoms. The minimum Gasteiger partial charge on any atom is -0.478 e. The minimum absolute atomic E-state index is 0.00133. The molecule has 21 heteroatoms. The van der Waals surface area contributed by atoms with E-state index in [0.717, 1.165) is 41.3 Å². The van der Waals surface area contributed by atoms with Crippen molar-refractivity contribution in [2.75, 3.05) is 23.7 Å². The van der Waals surface area contributed by atoms with Gasteiger partial charge in [0.25, 0.3) is 40.5 Å². The minimum atomic E-state index is -5.07. The molecule has 0 bridgehead atoms. The summed E-state index contributed by atoms with van der Waals surface area (Å²) < 4.78 is 142. The fraction of sp³-hybridized carbons (Fsp3) is 0.283. The first-order chi connectivity index (χ1) is 31.0. The molecule has 0 aliphatic carbocycles. The van der Waals surface area contributed by atoms with Gasteiger partial charge in [0.1, 0.15) is 11.4 Å². The van der Waals surface area contributed by atoms with Crippen molar-refractivity contribution in [1.29, 1.82) is 0 Å². The van der Waals surface area contributed by atoms with Gasteiger partial charge < -0.3 is 10.0 Å². The highest BCUT2D eigenvalue weighted by atomic mass is 32.2. The summed E-state index contributed by atoms with van der Waals surface area (Å²) in [5, 5.41) is 11.0. The Morgan fingerprint density at radius 2 is 1.39 bits per heavy atom. The van der Waals surface area contributed by atoms with Crippen molar-refractivity contribution in [3.63, 3.8) is 0 Å². The molecule has 354 valence electrons. The number of unbranched alkanes of at least 4 members (excludes halogenated alkanes) is 1. The number of anilines is 1. The van der Waals surface area contributed by atoms with Crippen molar-refractivity contribution >= 4 is 90.6 Å². The number of nitrogens with zero attached hydrogens (tertiary/aromatic N) is 3. The van der Waals surface area contributed by atoms with Crippen LogP contribution in [-0.2, 0) is 51.3 Å². The van der Waals surface area contributed by atoms with E-state index < -0.39 is 72.8 Å². The van der Waals surface area contributed by atoms with Crippen molar-refractivity contribution < 1.29 is 66.4 Å². The van der Waals surface area contributed by atoms with Gasteiger partial charge in [0.15, 0.2) is 5.71 Å². The number of carboxylic acid groups (broad SMARTS) is 1. The van der Waals surface area contributed by atoms with Gasteiger partial charge in [0.2, 0.25) is 5.69 Å². The van der Waals surface area contributed by atoms with E-state index in [4.69, 9.17) is 0 Å². The Morgan fingerprint density at radius 3 is 1.96 bits per heavy atom.